The van der Waals surface area contributed by atoms with Crippen molar-refractivity contribution < 1.29 is 0 Å². The van der Waals surface area contributed by atoms with E-state index in [0.29, 0.717) is 0 Å². The summed E-state index contributed by atoms with van der Waals surface area (Å²) in [7, 11) is 0. The van der Waals surface area contributed by atoms with Crippen LogP contribution < -0.4 is 5.73 Å². The van der Waals surface area contributed by atoms with Crippen LogP contribution in [0.4, 0.5) is 5.69 Å². The molecule has 3 aromatic rings. The molecule has 0 amide bonds. The number of benzene rings is 1. The number of rotatable bonds is 3. The Labute approximate surface area is 105 Å². The van der Waals surface area contributed by atoms with E-state index >= 15 is 0 Å². The minimum Gasteiger partial charge on any atom is -0.399 e. The van der Waals surface area contributed by atoms with E-state index in [2.05, 4.69) is 21.0 Å². The first-order valence-corrected chi connectivity index (χ1v) is 5.95. The van der Waals surface area contributed by atoms with Gasteiger partial charge in [0.15, 0.2) is 5.65 Å². The lowest BCUT2D eigenvalue weighted by Gasteiger charge is -2.00. The second kappa shape index (κ2) is 4.49. The van der Waals surface area contributed by atoms with E-state index in [1.165, 1.54) is 5.56 Å². The summed E-state index contributed by atoms with van der Waals surface area (Å²) in [4.78, 5) is 11.9. The van der Waals surface area contributed by atoms with Crippen molar-refractivity contribution in [2.45, 2.75) is 12.8 Å². The van der Waals surface area contributed by atoms with Gasteiger partial charge >= 0.3 is 0 Å². The number of pyridine rings is 1. The summed E-state index contributed by atoms with van der Waals surface area (Å²) in [6.45, 7) is 0. The van der Waals surface area contributed by atoms with Gasteiger partial charge in [0.25, 0.3) is 0 Å². The maximum atomic E-state index is 5.76. The number of aryl methyl sites for hydroxylation is 2. The molecule has 4 heteroatoms. The van der Waals surface area contributed by atoms with E-state index in [0.717, 1.165) is 35.5 Å². The number of imidazole rings is 1. The van der Waals surface area contributed by atoms with Crippen LogP contribution in [0.25, 0.3) is 11.2 Å². The molecule has 0 saturated carbocycles. The first-order chi connectivity index (χ1) is 8.81. The minimum absolute atomic E-state index is 0.778. The molecule has 0 spiro atoms. The van der Waals surface area contributed by atoms with Crippen molar-refractivity contribution in [1.29, 1.82) is 0 Å². The first-order valence-electron chi connectivity index (χ1n) is 5.95. The average Bonchev–Trinajstić information content (AvgIpc) is 2.79. The smallest absolute Gasteiger partial charge is 0.177 e. The third-order valence-corrected chi connectivity index (χ3v) is 2.91. The van der Waals surface area contributed by atoms with Crippen molar-refractivity contribution >= 4 is 16.9 Å². The molecular formula is C14H14N4. The monoisotopic (exact) mass is 238 g/mol. The van der Waals surface area contributed by atoms with Crippen LogP contribution in [0.1, 0.15) is 11.4 Å². The maximum Gasteiger partial charge on any atom is 0.177 e. The fraction of sp³-hybridized carbons (Fsp3) is 0.143. The summed E-state index contributed by atoms with van der Waals surface area (Å²) >= 11 is 0. The molecule has 0 fully saturated rings. The van der Waals surface area contributed by atoms with Crippen molar-refractivity contribution in [3.63, 3.8) is 0 Å². The van der Waals surface area contributed by atoms with E-state index < -0.39 is 0 Å². The molecule has 0 atom stereocenters. The quantitative estimate of drug-likeness (QED) is 0.688. The molecule has 2 aromatic heterocycles. The predicted octanol–water partition coefficient (Wildman–Crippen LogP) is 2.33. The molecule has 0 unspecified atom stereocenters. The highest BCUT2D eigenvalue weighted by Crippen LogP contribution is 2.12. The van der Waals surface area contributed by atoms with Gasteiger partial charge < -0.3 is 10.7 Å². The SMILES string of the molecule is Nc1cccc(CCc2nc3ncccc3[nH]2)c1. The topological polar surface area (TPSA) is 67.6 Å². The molecule has 0 bridgehead atoms. The fourth-order valence-electron chi connectivity index (χ4n) is 2.02. The molecule has 0 radical (unpaired) electrons. The van der Waals surface area contributed by atoms with E-state index in [-0.39, 0.29) is 0 Å². The molecule has 0 aliphatic carbocycles. The third kappa shape index (κ3) is 2.18. The molecular weight excluding hydrogens is 224 g/mol. The van der Waals surface area contributed by atoms with Crippen LogP contribution in [-0.2, 0) is 12.8 Å². The summed E-state index contributed by atoms with van der Waals surface area (Å²) < 4.78 is 0. The van der Waals surface area contributed by atoms with Gasteiger partial charge in [0.1, 0.15) is 5.82 Å². The molecule has 0 saturated heterocycles. The number of fused-ring (bicyclic) bond motifs is 1. The molecule has 18 heavy (non-hydrogen) atoms. The Hall–Kier alpha value is -2.36. The maximum absolute atomic E-state index is 5.76. The molecule has 2 heterocycles. The van der Waals surface area contributed by atoms with E-state index in [9.17, 15) is 0 Å². The number of aromatic amines is 1. The highest BCUT2D eigenvalue weighted by atomic mass is 15.0. The highest BCUT2D eigenvalue weighted by molar-refractivity contribution is 5.69. The number of hydrogen-bond acceptors (Lipinski definition) is 3. The number of anilines is 1. The molecule has 0 aliphatic rings. The molecule has 3 N–H and O–H groups in total. The van der Waals surface area contributed by atoms with Crippen LogP contribution in [0.2, 0.25) is 0 Å². The van der Waals surface area contributed by atoms with Crippen LogP contribution in [0.3, 0.4) is 0 Å². The second-order valence-electron chi connectivity index (χ2n) is 4.30. The highest BCUT2D eigenvalue weighted by Gasteiger charge is 2.03. The zero-order valence-corrected chi connectivity index (χ0v) is 9.93. The number of aromatic nitrogens is 3. The van der Waals surface area contributed by atoms with Crippen molar-refractivity contribution in [3.05, 3.63) is 54.0 Å². The van der Waals surface area contributed by atoms with Gasteiger partial charge in [0, 0.05) is 18.3 Å². The lowest BCUT2D eigenvalue weighted by molar-refractivity contribution is 0.889. The van der Waals surface area contributed by atoms with Gasteiger partial charge in [-0.25, -0.2) is 9.97 Å². The summed E-state index contributed by atoms with van der Waals surface area (Å²) in [5.74, 6) is 0.964. The number of nitrogens with one attached hydrogen (secondary N) is 1. The van der Waals surface area contributed by atoms with Gasteiger partial charge in [-0.2, -0.15) is 0 Å². The zero-order chi connectivity index (χ0) is 12.4. The predicted molar refractivity (Wildman–Crippen MR) is 72.2 cm³/mol. The van der Waals surface area contributed by atoms with Crippen LogP contribution in [0.15, 0.2) is 42.6 Å². The average molecular weight is 238 g/mol. The van der Waals surface area contributed by atoms with Crippen molar-refractivity contribution in [1.82, 2.24) is 15.0 Å². The van der Waals surface area contributed by atoms with Gasteiger partial charge in [-0.05, 0) is 36.2 Å². The Morgan fingerprint density at radius 3 is 2.89 bits per heavy atom. The number of nitrogens with two attached hydrogens (primary N) is 1. The fourth-order valence-corrected chi connectivity index (χ4v) is 2.02. The number of nitrogen functional groups attached to an aromatic ring is 1. The Bertz CT molecular complexity index is 639. The Kier molecular flexibility index (Phi) is 2.68. The standard InChI is InChI=1S/C14H14N4/c15-11-4-1-3-10(9-11)6-7-13-17-12-5-2-8-16-14(12)18-13/h1-5,8-9H,6-7,15H2,(H,16,17,18). The Morgan fingerprint density at radius 1 is 1.11 bits per heavy atom. The Balaban J connectivity index is 1.76. The molecule has 3 rings (SSSR count). The number of hydrogen-bond donors (Lipinski definition) is 2. The third-order valence-electron chi connectivity index (χ3n) is 2.91. The largest absolute Gasteiger partial charge is 0.399 e. The van der Waals surface area contributed by atoms with Crippen molar-refractivity contribution in [2.24, 2.45) is 0 Å². The van der Waals surface area contributed by atoms with Crippen LogP contribution in [0.5, 0.6) is 0 Å². The molecule has 0 aliphatic heterocycles. The van der Waals surface area contributed by atoms with Crippen LogP contribution >= 0.6 is 0 Å². The molecule has 1 aromatic carbocycles. The van der Waals surface area contributed by atoms with Crippen LogP contribution in [-0.4, -0.2) is 15.0 Å². The van der Waals surface area contributed by atoms with Gasteiger partial charge in [0.05, 0.1) is 5.52 Å². The number of nitrogens with zero attached hydrogens (tertiary/aromatic N) is 2. The van der Waals surface area contributed by atoms with E-state index in [1.807, 2.05) is 30.3 Å². The van der Waals surface area contributed by atoms with Gasteiger partial charge in [-0.15, -0.1) is 0 Å². The second-order valence-corrected chi connectivity index (χ2v) is 4.30. The van der Waals surface area contributed by atoms with E-state index in [1.54, 1.807) is 6.20 Å². The summed E-state index contributed by atoms with van der Waals surface area (Å²) in [5.41, 5.74) is 9.55. The normalized spacial score (nSPS) is 10.9. The lowest BCUT2D eigenvalue weighted by Crippen LogP contribution is -1.94. The van der Waals surface area contributed by atoms with E-state index in [4.69, 9.17) is 5.73 Å². The van der Waals surface area contributed by atoms with Gasteiger partial charge in [-0.3, -0.25) is 0 Å². The zero-order valence-electron chi connectivity index (χ0n) is 9.93. The number of H-pyrrole nitrogens is 1. The minimum atomic E-state index is 0.778. The van der Waals surface area contributed by atoms with Crippen molar-refractivity contribution in [2.75, 3.05) is 5.73 Å². The van der Waals surface area contributed by atoms with Crippen LogP contribution in [0, 0.1) is 0 Å². The van der Waals surface area contributed by atoms with Gasteiger partial charge in [0.2, 0.25) is 0 Å². The first kappa shape index (κ1) is 10.8. The summed E-state index contributed by atoms with van der Waals surface area (Å²) in [6, 6.07) is 11.8. The van der Waals surface area contributed by atoms with Gasteiger partial charge in [-0.1, -0.05) is 12.1 Å². The lowest BCUT2D eigenvalue weighted by atomic mass is 10.1. The molecule has 90 valence electrons. The Morgan fingerprint density at radius 2 is 2.06 bits per heavy atom. The molecule has 4 nitrogen and oxygen atoms in total. The summed E-state index contributed by atoms with van der Waals surface area (Å²) in [5, 5.41) is 0. The van der Waals surface area contributed by atoms with Crippen molar-refractivity contribution in [3.8, 4) is 0 Å². The summed E-state index contributed by atoms with van der Waals surface area (Å²) in [6.07, 6.45) is 3.54.